The van der Waals surface area contributed by atoms with E-state index >= 15 is 0 Å². The van der Waals surface area contributed by atoms with Crippen LogP contribution < -0.4 is 4.74 Å². The molecule has 1 rings (SSSR count). The van der Waals surface area contributed by atoms with Crippen LogP contribution in [0.5, 0.6) is 5.75 Å². The van der Waals surface area contributed by atoms with Crippen molar-refractivity contribution in [2.24, 2.45) is 0 Å². The van der Waals surface area contributed by atoms with Gasteiger partial charge in [0.25, 0.3) is 0 Å². The summed E-state index contributed by atoms with van der Waals surface area (Å²) >= 11 is 0. The number of hydrogen-bond donors (Lipinski definition) is 0. The Bertz CT molecular complexity index is 646. The molecule has 0 N–H and O–H groups in total. The summed E-state index contributed by atoms with van der Waals surface area (Å²) in [6, 6.07) is 4.91. The quantitative estimate of drug-likeness (QED) is 0.469. The van der Waals surface area contributed by atoms with E-state index in [0.717, 1.165) is 19.2 Å². The smallest absolute Gasteiger partial charge is 0.460 e. The maximum absolute atomic E-state index is 13.8. The highest BCUT2D eigenvalue weighted by molar-refractivity contribution is 5.29. The summed E-state index contributed by atoms with van der Waals surface area (Å²) < 4.78 is 127. The Morgan fingerprint density at radius 2 is 1.25 bits per heavy atom. The minimum absolute atomic E-state index is 0.130. The van der Waals surface area contributed by atoms with E-state index < -0.39 is 42.1 Å². The van der Waals surface area contributed by atoms with Crippen molar-refractivity contribution >= 4 is 0 Å². The highest BCUT2D eigenvalue weighted by Crippen LogP contribution is 2.55. The molecule has 1 unspecified atom stereocenters. The van der Waals surface area contributed by atoms with Crippen molar-refractivity contribution < 1.29 is 49.0 Å². The molecule has 2 nitrogen and oxygen atoms in total. The van der Waals surface area contributed by atoms with Gasteiger partial charge in [0.1, 0.15) is 11.4 Å². The Kier molecular flexibility index (Phi) is 6.66. The normalized spacial score (nSPS) is 15.5. The highest BCUT2D eigenvalue weighted by Gasteiger charge is 2.81. The van der Waals surface area contributed by atoms with Gasteiger partial charge in [0, 0.05) is 13.5 Å². The molecule has 0 saturated carbocycles. The number of halogens is 9. The Morgan fingerprint density at radius 3 is 1.61 bits per heavy atom. The minimum atomic E-state index is -6.92. The molecule has 1 aromatic rings. The fourth-order valence-corrected chi connectivity index (χ4v) is 2.21. The number of benzene rings is 1. The van der Waals surface area contributed by atoms with E-state index in [1.54, 1.807) is 20.8 Å². The van der Waals surface area contributed by atoms with Crippen LogP contribution in [0.2, 0.25) is 0 Å². The number of rotatable bonds is 7. The first-order chi connectivity index (χ1) is 12.4. The summed E-state index contributed by atoms with van der Waals surface area (Å²) in [6.45, 7) is 5.17. The van der Waals surface area contributed by atoms with Gasteiger partial charge in [0.2, 0.25) is 0 Å². The van der Waals surface area contributed by atoms with Crippen LogP contribution in [0.4, 0.5) is 39.5 Å². The fraction of sp³-hybridized carbons (Fsp3) is 0.647. The molecule has 0 aliphatic rings. The lowest BCUT2D eigenvalue weighted by Crippen LogP contribution is -2.61. The van der Waals surface area contributed by atoms with Gasteiger partial charge in [-0.25, -0.2) is 0 Å². The van der Waals surface area contributed by atoms with Gasteiger partial charge in [-0.05, 0) is 38.5 Å². The van der Waals surface area contributed by atoms with Gasteiger partial charge in [-0.15, -0.1) is 0 Å². The lowest BCUT2D eigenvalue weighted by Gasteiger charge is -2.35. The topological polar surface area (TPSA) is 18.5 Å². The van der Waals surface area contributed by atoms with Crippen LogP contribution >= 0.6 is 0 Å². The molecule has 162 valence electrons. The van der Waals surface area contributed by atoms with Gasteiger partial charge in [0.05, 0.1) is 6.10 Å². The SMILES string of the molecule is COC(CC(F)(F)C(F)(F)C(F)(F)C(F)(F)F)c1ccc(OC(C)(C)C)cc1. The van der Waals surface area contributed by atoms with Gasteiger partial charge >= 0.3 is 23.9 Å². The number of methoxy groups -OCH3 is 1. The Labute approximate surface area is 155 Å². The average Bonchev–Trinajstić information content (AvgIpc) is 2.50. The van der Waals surface area contributed by atoms with Crippen LogP contribution in [-0.4, -0.2) is 36.7 Å². The summed E-state index contributed by atoms with van der Waals surface area (Å²) in [4.78, 5) is 0. The van der Waals surface area contributed by atoms with Crippen molar-refractivity contribution in [3.05, 3.63) is 29.8 Å². The second-order valence-corrected chi connectivity index (χ2v) is 7.06. The first-order valence-corrected chi connectivity index (χ1v) is 7.87. The zero-order chi connectivity index (χ0) is 22.2. The molecule has 0 heterocycles. The molecule has 0 spiro atoms. The molecule has 0 fully saturated rings. The Hall–Kier alpha value is -1.65. The van der Waals surface area contributed by atoms with E-state index in [4.69, 9.17) is 4.74 Å². The molecular weight excluding hydrogens is 407 g/mol. The van der Waals surface area contributed by atoms with Crippen LogP contribution in [0.15, 0.2) is 24.3 Å². The van der Waals surface area contributed by atoms with Crippen molar-refractivity contribution in [3.8, 4) is 5.75 Å². The molecule has 0 saturated heterocycles. The van der Waals surface area contributed by atoms with E-state index in [9.17, 15) is 39.5 Å². The number of ether oxygens (including phenoxy) is 2. The molecule has 1 atom stereocenters. The monoisotopic (exact) mass is 426 g/mol. The second kappa shape index (κ2) is 7.64. The standard InChI is InChI=1S/C17H19F9O2/c1-13(2,3)28-11-7-5-10(6-8-11)12(27-4)9-14(18,19)15(20,21)16(22,23)17(24,25)26/h5-8,12H,9H2,1-4H3. The molecular formula is C17H19F9O2. The molecule has 11 heteroatoms. The van der Waals surface area contributed by atoms with Crippen LogP contribution in [0.1, 0.15) is 38.9 Å². The first kappa shape index (κ1) is 24.4. The van der Waals surface area contributed by atoms with Crippen LogP contribution in [0, 0.1) is 0 Å². The molecule has 0 bridgehead atoms. The molecule has 0 aliphatic heterocycles. The third-order valence-corrected chi connectivity index (χ3v) is 3.61. The van der Waals surface area contributed by atoms with Crippen molar-refractivity contribution in [3.63, 3.8) is 0 Å². The van der Waals surface area contributed by atoms with Crippen LogP contribution in [-0.2, 0) is 4.74 Å². The summed E-state index contributed by atoms with van der Waals surface area (Å²) in [6.07, 6.45) is -10.8. The molecule has 28 heavy (non-hydrogen) atoms. The van der Waals surface area contributed by atoms with Gasteiger partial charge < -0.3 is 9.47 Å². The predicted molar refractivity (Wildman–Crippen MR) is 82.1 cm³/mol. The average molecular weight is 426 g/mol. The molecule has 0 amide bonds. The van der Waals surface area contributed by atoms with Crippen molar-refractivity contribution in [2.75, 3.05) is 7.11 Å². The van der Waals surface area contributed by atoms with Crippen molar-refractivity contribution in [1.82, 2.24) is 0 Å². The zero-order valence-corrected chi connectivity index (χ0v) is 15.3. The largest absolute Gasteiger partial charge is 0.488 e. The first-order valence-electron chi connectivity index (χ1n) is 7.87. The summed E-state index contributed by atoms with van der Waals surface area (Å²) in [5, 5.41) is 0. The maximum atomic E-state index is 13.8. The van der Waals surface area contributed by atoms with Gasteiger partial charge in [-0.2, -0.15) is 39.5 Å². The lowest BCUT2D eigenvalue weighted by atomic mass is 9.95. The van der Waals surface area contributed by atoms with Crippen molar-refractivity contribution in [1.29, 1.82) is 0 Å². The van der Waals surface area contributed by atoms with E-state index in [2.05, 4.69) is 4.74 Å². The summed E-state index contributed by atoms with van der Waals surface area (Å²) in [5.41, 5.74) is -0.727. The van der Waals surface area contributed by atoms with E-state index in [0.29, 0.717) is 5.75 Å². The molecule has 0 radical (unpaired) electrons. The summed E-state index contributed by atoms with van der Waals surface area (Å²) in [7, 11) is 0.834. The molecule has 0 aliphatic carbocycles. The Morgan fingerprint density at radius 1 is 0.786 bits per heavy atom. The summed E-state index contributed by atoms with van der Waals surface area (Å²) in [5.74, 6) is -19.0. The molecule has 1 aromatic carbocycles. The fourth-order valence-electron chi connectivity index (χ4n) is 2.21. The van der Waals surface area contributed by atoms with E-state index in [1.165, 1.54) is 12.1 Å². The molecule has 0 aromatic heterocycles. The van der Waals surface area contributed by atoms with Gasteiger partial charge in [-0.1, -0.05) is 12.1 Å². The van der Waals surface area contributed by atoms with Gasteiger partial charge in [-0.3, -0.25) is 0 Å². The lowest BCUT2D eigenvalue weighted by molar-refractivity contribution is -0.398. The second-order valence-electron chi connectivity index (χ2n) is 7.06. The van der Waals surface area contributed by atoms with E-state index in [1.807, 2.05) is 0 Å². The zero-order valence-electron chi connectivity index (χ0n) is 15.3. The highest BCUT2D eigenvalue weighted by atomic mass is 19.4. The third kappa shape index (κ3) is 5.03. The maximum Gasteiger partial charge on any atom is 0.460 e. The van der Waals surface area contributed by atoms with Crippen LogP contribution in [0.25, 0.3) is 0 Å². The van der Waals surface area contributed by atoms with Crippen LogP contribution in [0.3, 0.4) is 0 Å². The predicted octanol–water partition coefficient (Wildman–Crippen LogP) is 6.41. The number of hydrogen-bond acceptors (Lipinski definition) is 2. The Balaban J connectivity index is 3.11. The minimum Gasteiger partial charge on any atom is -0.488 e. The van der Waals surface area contributed by atoms with E-state index in [-0.39, 0.29) is 5.56 Å². The third-order valence-electron chi connectivity index (χ3n) is 3.61. The number of alkyl halides is 9. The van der Waals surface area contributed by atoms with Gasteiger partial charge in [0.15, 0.2) is 0 Å². The van der Waals surface area contributed by atoms with Crippen molar-refractivity contribution in [2.45, 2.75) is 62.8 Å².